The van der Waals surface area contributed by atoms with Gasteiger partial charge in [0.1, 0.15) is 17.3 Å². The molecule has 7 rings (SSSR count). The van der Waals surface area contributed by atoms with Crippen LogP contribution in [0.5, 0.6) is 0 Å². The Morgan fingerprint density at radius 2 is 1.71 bits per heavy atom. The van der Waals surface area contributed by atoms with Crippen LogP contribution in [-0.2, 0) is 7.05 Å². The number of fused-ring (bicyclic) bond motifs is 7. The highest BCUT2D eigenvalue weighted by Crippen LogP contribution is 2.42. The fourth-order valence-electron chi connectivity index (χ4n) is 5.18. The van der Waals surface area contributed by atoms with Crippen molar-refractivity contribution < 1.29 is 4.57 Å². The molecule has 3 aromatic carbocycles. The maximum atomic E-state index is 2.49. The van der Waals surface area contributed by atoms with Crippen LogP contribution in [-0.4, -0.2) is 4.40 Å². The van der Waals surface area contributed by atoms with E-state index in [1.807, 2.05) is 11.3 Å². The molecule has 3 heteroatoms. The lowest BCUT2D eigenvalue weighted by Gasteiger charge is -2.13. The first-order chi connectivity index (χ1) is 13.7. The van der Waals surface area contributed by atoms with E-state index < -0.39 is 0 Å². The molecule has 0 unspecified atom stereocenters. The third kappa shape index (κ3) is 1.55. The molecule has 0 saturated heterocycles. The Bertz CT molecular complexity index is 1730. The van der Waals surface area contributed by atoms with Gasteiger partial charge in [0, 0.05) is 22.2 Å². The molecule has 0 N–H and O–H groups in total. The smallest absolute Gasteiger partial charge is 0.238 e. The highest BCUT2D eigenvalue weighted by molar-refractivity contribution is 7.17. The molecule has 0 spiro atoms. The third-order valence-corrected chi connectivity index (χ3v) is 7.24. The first kappa shape index (κ1) is 14.8. The molecule has 0 saturated carbocycles. The van der Waals surface area contributed by atoms with E-state index in [0.717, 1.165) is 0 Å². The molecule has 7 aromatic rings. The Morgan fingerprint density at radius 1 is 0.857 bits per heavy atom. The molecule has 4 aromatic heterocycles. The summed E-state index contributed by atoms with van der Waals surface area (Å²) in [4.78, 5) is 0. The molecule has 0 aliphatic rings. The van der Waals surface area contributed by atoms with Gasteiger partial charge in [0.25, 0.3) is 0 Å². The maximum Gasteiger partial charge on any atom is 0.238 e. The fourth-order valence-corrected chi connectivity index (χ4v) is 6.02. The average molecular weight is 377 g/mol. The van der Waals surface area contributed by atoms with Gasteiger partial charge in [-0.3, -0.25) is 0 Å². The van der Waals surface area contributed by atoms with E-state index in [4.69, 9.17) is 0 Å². The van der Waals surface area contributed by atoms with Gasteiger partial charge < -0.3 is 4.40 Å². The van der Waals surface area contributed by atoms with E-state index in [1.54, 1.807) is 0 Å². The van der Waals surface area contributed by atoms with Crippen molar-refractivity contribution in [3.63, 3.8) is 0 Å². The van der Waals surface area contributed by atoms with E-state index in [-0.39, 0.29) is 0 Å². The summed E-state index contributed by atoms with van der Waals surface area (Å²) < 4.78 is 6.21. The SMILES string of the molecule is Cc1ccc2ccc3c4ccccc4n4c5cc6sccc6[n+](C)c5c1c2c34. The van der Waals surface area contributed by atoms with E-state index in [0.29, 0.717) is 0 Å². The van der Waals surface area contributed by atoms with Gasteiger partial charge in [0.2, 0.25) is 11.0 Å². The number of aromatic nitrogens is 2. The number of rotatable bonds is 0. The largest absolute Gasteiger partial charge is 0.303 e. The zero-order chi connectivity index (χ0) is 18.6. The molecule has 132 valence electrons. The normalized spacial score (nSPS) is 12.6. The number of para-hydroxylation sites is 1. The topological polar surface area (TPSA) is 8.29 Å². The number of benzene rings is 3. The molecule has 0 aliphatic heterocycles. The predicted molar refractivity (Wildman–Crippen MR) is 120 cm³/mol. The van der Waals surface area contributed by atoms with Crippen LogP contribution >= 0.6 is 11.3 Å². The van der Waals surface area contributed by atoms with Crippen LogP contribution in [0.15, 0.2) is 66.0 Å². The molecule has 4 heterocycles. The minimum absolute atomic E-state index is 1.29. The summed E-state index contributed by atoms with van der Waals surface area (Å²) in [6.07, 6.45) is 0. The molecule has 0 fully saturated rings. The minimum atomic E-state index is 1.29. The number of nitrogens with zero attached hydrogens (tertiary/aromatic N) is 2. The number of hydrogen-bond donors (Lipinski definition) is 0. The molecular weight excluding hydrogens is 360 g/mol. The van der Waals surface area contributed by atoms with Gasteiger partial charge in [-0.1, -0.05) is 42.5 Å². The second-order valence-electron chi connectivity index (χ2n) is 7.78. The standard InChI is InChI=1S/C25H17N2S/c1-14-7-8-15-9-10-17-16-5-3-4-6-18(16)27-20-13-21-19(11-12-28-21)26(2)25(20)22(14)23(15)24(17)27/h3-13H,1-2H3/q+1. The minimum Gasteiger partial charge on any atom is -0.303 e. The van der Waals surface area contributed by atoms with E-state index >= 15 is 0 Å². The van der Waals surface area contributed by atoms with Crippen molar-refractivity contribution in [3.8, 4) is 0 Å². The summed E-state index contributed by atoms with van der Waals surface area (Å²) in [5.41, 5.74) is 7.87. The van der Waals surface area contributed by atoms with Gasteiger partial charge in [0.05, 0.1) is 16.4 Å². The number of aryl methyl sites for hydroxylation is 2. The lowest BCUT2D eigenvalue weighted by atomic mass is 9.97. The van der Waals surface area contributed by atoms with Gasteiger partial charge in [-0.2, -0.15) is 4.57 Å². The molecular formula is C25H17N2S+. The van der Waals surface area contributed by atoms with Gasteiger partial charge in [-0.15, -0.1) is 11.3 Å². The second kappa shape index (κ2) is 4.81. The van der Waals surface area contributed by atoms with Crippen LogP contribution in [0, 0.1) is 6.92 Å². The summed E-state index contributed by atoms with van der Waals surface area (Å²) >= 11 is 1.82. The van der Waals surface area contributed by atoms with Crippen LogP contribution in [0.2, 0.25) is 0 Å². The monoisotopic (exact) mass is 377 g/mol. The number of pyridine rings is 2. The Morgan fingerprint density at radius 3 is 2.64 bits per heavy atom. The Balaban J connectivity index is 2.01. The predicted octanol–water partition coefficient (Wildman–Crippen LogP) is 6.34. The lowest BCUT2D eigenvalue weighted by Crippen LogP contribution is -2.30. The van der Waals surface area contributed by atoms with E-state index in [1.165, 1.54) is 64.8 Å². The highest BCUT2D eigenvalue weighted by atomic mass is 32.1. The van der Waals surface area contributed by atoms with E-state index in [9.17, 15) is 0 Å². The van der Waals surface area contributed by atoms with Crippen molar-refractivity contribution in [2.75, 3.05) is 0 Å². The molecule has 0 bridgehead atoms. The first-order valence-corrected chi connectivity index (χ1v) is 10.5. The van der Waals surface area contributed by atoms with Crippen LogP contribution in [0.25, 0.3) is 59.2 Å². The zero-order valence-electron chi connectivity index (χ0n) is 15.7. The lowest BCUT2D eigenvalue weighted by molar-refractivity contribution is -0.616. The molecule has 28 heavy (non-hydrogen) atoms. The third-order valence-electron chi connectivity index (χ3n) is 6.38. The van der Waals surface area contributed by atoms with Crippen molar-refractivity contribution in [2.24, 2.45) is 7.05 Å². The maximum absolute atomic E-state index is 2.49. The summed E-state index contributed by atoms with van der Waals surface area (Å²) in [5, 5.41) is 8.94. The van der Waals surface area contributed by atoms with Crippen molar-refractivity contribution in [1.82, 2.24) is 4.40 Å². The second-order valence-corrected chi connectivity index (χ2v) is 8.72. The van der Waals surface area contributed by atoms with Gasteiger partial charge in [-0.25, -0.2) is 0 Å². The average Bonchev–Trinajstić information content (AvgIpc) is 3.31. The Kier molecular flexibility index (Phi) is 2.55. The fraction of sp³-hybridized carbons (Fsp3) is 0.0800. The number of thiophene rings is 1. The summed E-state index contributed by atoms with van der Waals surface area (Å²) in [5.74, 6) is 0. The van der Waals surface area contributed by atoms with Crippen LogP contribution in [0.3, 0.4) is 0 Å². The van der Waals surface area contributed by atoms with Gasteiger partial charge in [-0.05, 0) is 35.4 Å². The molecule has 0 amide bonds. The van der Waals surface area contributed by atoms with Crippen molar-refractivity contribution in [1.29, 1.82) is 0 Å². The zero-order valence-corrected chi connectivity index (χ0v) is 16.5. The van der Waals surface area contributed by atoms with Crippen LogP contribution in [0.1, 0.15) is 5.56 Å². The summed E-state index contributed by atoms with van der Waals surface area (Å²) in [6.45, 7) is 2.24. The Hall–Kier alpha value is -3.17. The van der Waals surface area contributed by atoms with Gasteiger partial charge >= 0.3 is 0 Å². The molecule has 0 atom stereocenters. The number of hydrogen-bond acceptors (Lipinski definition) is 1. The van der Waals surface area contributed by atoms with Crippen molar-refractivity contribution >= 4 is 70.6 Å². The highest BCUT2D eigenvalue weighted by Gasteiger charge is 2.24. The van der Waals surface area contributed by atoms with E-state index in [2.05, 4.69) is 89.0 Å². The van der Waals surface area contributed by atoms with Crippen molar-refractivity contribution in [2.45, 2.75) is 6.92 Å². The first-order valence-electron chi connectivity index (χ1n) is 9.60. The van der Waals surface area contributed by atoms with Crippen molar-refractivity contribution in [3.05, 3.63) is 71.6 Å². The Labute approximate surface area is 165 Å². The van der Waals surface area contributed by atoms with Crippen LogP contribution in [0.4, 0.5) is 0 Å². The molecule has 0 radical (unpaired) electrons. The molecule has 0 aliphatic carbocycles. The quantitative estimate of drug-likeness (QED) is 0.166. The summed E-state index contributed by atoms with van der Waals surface area (Å²) in [7, 11) is 2.21. The summed E-state index contributed by atoms with van der Waals surface area (Å²) in [6, 6.07) is 22.5. The molecule has 2 nitrogen and oxygen atoms in total. The van der Waals surface area contributed by atoms with Crippen LogP contribution < -0.4 is 4.57 Å². The van der Waals surface area contributed by atoms with Gasteiger partial charge in [0.15, 0.2) is 0 Å².